The summed E-state index contributed by atoms with van der Waals surface area (Å²) >= 11 is 0. The maximum Gasteiger partial charge on any atom is 0.134 e. The van der Waals surface area contributed by atoms with Crippen LogP contribution in [0.25, 0.3) is 0 Å². The smallest absolute Gasteiger partial charge is 0.134 e. The molecule has 1 nitrogen and oxygen atoms in total. The minimum absolute atomic E-state index is 1.25. The molecule has 0 radical (unpaired) electrons. The molecule has 0 saturated heterocycles. The third-order valence-electron chi connectivity index (χ3n) is 2.25. The van der Waals surface area contributed by atoms with Gasteiger partial charge in [-0.25, -0.2) is 0 Å². The molecule has 52 valence electrons. The molecule has 0 bridgehead atoms. The highest BCUT2D eigenvalue weighted by Gasteiger charge is 2.18. The second-order valence-corrected chi connectivity index (χ2v) is 2.94. The summed E-state index contributed by atoms with van der Waals surface area (Å²) in [6, 6.07) is 8.69. The summed E-state index contributed by atoms with van der Waals surface area (Å²) < 4.78 is 0. The highest BCUT2D eigenvalue weighted by Crippen LogP contribution is 2.13. The van der Waals surface area contributed by atoms with Crippen LogP contribution in [-0.4, -0.2) is 13.6 Å². The van der Waals surface area contributed by atoms with Gasteiger partial charge in [-0.1, -0.05) is 18.2 Å². The van der Waals surface area contributed by atoms with E-state index in [4.69, 9.17) is 0 Å². The van der Waals surface area contributed by atoms with Crippen molar-refractivity contribution in [1.82, 2.24) is 0 Å². The number of benzene rings is 1. The fraction of sp³-hybridized carbons (Fsp3) is 0.333. The largest absolute Gasteiger partial charge is 0.304 e. The molecule has 0 aliphatic carbocycles. The zero-order chi connectivity index (χ0) is 6.97. The van der Waals surface area contributed by atoms with Gasteiger partial charge in [0.25, 0.3) is 0 Å². The van der Waals surface area contributed by atoms with Crippen molar-refractivity contribution in [2.24, 2.45) is 0 Å². The molecule has 1 unspecified atom stereocenters. The van der Waals surface area contributed by atoms with E-state index in [0.29, 0.717) is 0 Å². The number of fused-ring (bicyclic) bond motifs is 1. The van der Waals surface area contributed by atoms with Crippen molar-refractivity contribution in [1.29, 1.82) is 0 Å². The van der Waals surface area contributed by atoms with Crippen molar-refractivity contribution in [3.63, 3.8) is 0 Å². The Morgan fingerprint density at radius 2 is 2.10 bits per heavy atom. The topological polar surface area (TPSA) is 4.44 Å². The second kappa shape index (κ2) is 2.10. The summed E-state index contributed by atoms with van der Waals surface area (Å²) in [6.07, 6.45) is 1.25. The van der Waals surface area contributed by atoms with Crippen molar-refractivity contribution in [2.45, 2.75) is 6.42 Å². The van der Waals surface area contributed by atoms with E-state index >= 15 is 0 Å². The number of nitrogens with one attached hydrogen (secondary N) is 1. The van der Waals surface area contributed by atoms with Crippen LogP contribution in [0.15, 0.2) is 24.3 Å². The number of hydrogen-bond donors (Lipinski definition) is 1. The fourth-order valence-electron chi connectivity index (χ4n) is 1.61. The van der Waals surface area contributed by atoms with E-state index in [0.717, 1.165) is 0 Å². The Labute approximate surface area is 61.3 Å². The molecule has 1 aromatic carbocycles. The number of rotatable bonds is 0. The van der Waals surface area contributed by atoms with Gasteiger partial charge in [-0.3, -0.25) is 0 Å². The van der Waals surface area contributed by atoms with Gasteiger partial charge < -0.3 is 4.90 Å². The number of likely N-dealkylation sites (N-methyl/N-ethyl adjacent to an activating group) is 1. The minimum Gasteiger partial charge on any atom is -0.304 e. The van der Waals surface area contributed by atoms with Crippen molar-refractivity contribution in [3.05, 3.63) is 29.8 Å². The minimum atomic E-state index is 1.25. The van der Waals surface area contributed by atoms with Gasteiger partial charge >= 0.3 is 0 Å². The molecular weight excluding hydrogens is 122 g/mol. The molecule has 0 saturated carbocycles. The van der Waals surface area contributed by atoms with Gasteiger partial charge in [-0.2, -0.15) is 0 Å². The Hall–Kier alpha value is -0.820. The first kappa shape index (κ1) is 5.93. The number of hydrogen-bond acceptors (Lipinski definition) is 0. The van der Waals surface area contributed by atoms with Crippen molar-refractivity contribution in [3.8, 4) is 0 Å². The first-order chi connectivity index (χ1) is 4.88. The summed E-state index contributed by atoms with van der Waals surface area (Å²) in [5.74, 6) is 0. The average Bonchev–Trinajstić information content (AvgIpc) is 2.34. The SMILES string of the molecule is C[NH+]1CCc2ccccc21. The Kier molecular flexibility index (Phi) is 1.24. The zero-order valence-electron chi connectivity index (χ0n) is 6.22. The van der Waals surface area contributed by atoms with E-state index in [2.05, 4.69) is 31.3 Å². The third kappa shape index (κ3) is 0.745. The van der Waals surface area contributed by atoms with Gasteiger partial charge in [0, 0.05) is 12.0 Å². The summed E-state index contributed by atoms with van der Waals surface area (Å²) in [5, 5.41) is 0. The molecule has 10 heavy (non-hydrogen) atoms. The first-order valence-electron chi connectivity index (χ1n) is 3.78. The van der Waals surface area contributed by atoms with Gasteiger partial charge in [0.15, 0.2) is 0 Å². The summed E-state index contributed by atoms with van der Waals surface area (Å²) in [7, 11) is 2.23. The van der Waals surface area contributed by atoms with E-state index in [-0.39, 0.29) is 0 Å². The van der Waals surface area contributed by atoms with Crippen LogP contribution in [0.5, 0.6) is 0 Å². The van der Waals surface area contributed by atoms with Crippen LogP contribution in [0.2, 0.25) is 0 Å². The van der Waals surface area contributed by atoms with Crippen LogP contribution >= 0.6 is 0 Å². The van der Waals surface area contributed by atoms with Crippen molar-refractivity contribution < 1.29 is 4.90 Å². The summed E-state index contributed by atoms with van der Waals surface area (Å²) in [4.78, 5) is 1.55. The van der Waals surface area contributed by atoms with Crippen LogP contribution in [0, 0.1) is 0 Å². The molecule has 0 aromatic heterocycles. The number of quaternary nitrogens is 1. The lowest BCUT2D eigenvalue weighted by Crippen LogP contribution is -3.02. The van der Waals surface area contributed by atoms with Gasteiger partial charge in [0.05, 0.1) is 13.6 Å². The second-order valence-electron chi connectivity index (χ2n) is 2.94. The lowest BCUT2D eigenvalue weighted by molar-refractivity contribution is -0.803. The molecule has 1 heteroatoms. The van der Waals surface area contributed by atoms with Gasteiger partial charge in [-0.05, 0) is 6.07 Å². The van der Waals surface area contributed by atoms with E-state index in [1.54, 1.807) is 4.90 Å². The average molecular weight is 134 g/mol. The predicted molar refractivity (Wildman–Crippen MR) is 41.6 cm³/mol. The first-order valence-corrected chi connectivity index (χ1v) is 3.78. The molecule has 0 spiro atoms. The Bertz CT molecular complexity index is 242. The van der Waals surface area contributed by atoms with E-state index in [9.17, 15) is 0 Å². The Morgan fingerprint density at radius 3 is 2.90 bits per heavy atom. The molecule has 0 fully saturated rings. The van der Waals surface area contributed by atoms with Gasteiger partial charge in [0.1, 0.15) is 5.69 Å². The predicted octanol–water partition coefficient (Wildman–Crippen LogP) is 0.389. The Morgan fingerprint density at radius 1 is 1.30 bits per heavy atom. The molecule has 1 aromatic rings. The lowest BCUT2D eigenvalue weighted by atomic mass is 10.2. The lowest BCUT2D eigenvalue weighted by Gasteiger charge is -2.03. The van der Waals surface area contributed by atoms with Crippen LogP contribution in [0.4, 0.5) is 5.69 Å². The third-order valence-corrected chi connectivity index (χ3v) is 2.25. The van der Waals surface area contributed by atoms with Crippen LogP contribution in [-0.2, 0) is 6.42 Å². The maximum absolute atomic E-state index is 2.23. The quantitative estimate of drug-likeness (QED) is 0.523. The van der Waals surface area contributed by atoms with E-state index in [1.807, 2.05) is 0 Å². The Balaban J connectivity index is 2.51. The molecule has 1 heterocycles. The van der Waals surface area contributed by atoms with Gasteiger partial charge in [-0.15, -0.1) is 0 Å². The molecular formula is C9H12N+. The normalized spacial score (nSPS) is 22.7. The highest BCUT2D eigenvalue weighted by molar-refractivity contribution is 5.41. The van der Waals surface area contributed by atoms with E-state index in [1.165, 1.54) is 24.2 Å². The number of para-hydroxylation sites is 1. The molecule has 1 atom stereocenters. The van der Waals surface area contributed by atoms with Gasteiger partial charge in [0.2, 0.25) is 0 Å². The molecule has 1 aliphatic rings. The van der Waals surface area contributed by atoms with E-state index < -0.39 is 0 Å². The van der Waals surface area contributed by atoms with Crippen molar-refractivity contribution in [2.75, 3.05) is 13.6 Å². The van der Waals surface area contributed by atoms with Crippen molar-refractivity contribution >= 4 is 5.69 Å². The molecule has 0 amide bonds. The van der Waals surface area contributed by atoms with Crippen LogP contribution in [0.1, 0.15) is 5.56 Å². The summed E-state index contributed by atoms with van der Waals surface area (Å²) in [5.41, 5.74) is 3.02. The molecule has 2 rings (SSSR count). The van der Waals surface area contributed by atoms with Crippen LogP contribution in [0.3, 0.4) is 0 Å². The molecule has 1 N–H and O–H groups in total. The fourth-order valence-corrected chi connectivity index (χ4v) is 1.61. The molecule has 1 aliphatic heterocycles. The summed E-state index contributed by atoms with van der Waals surface area (Å²) in [6.45, 7) is 1.26. The monoisotopic (exact) mass is 134 g/mol. The maximum atomic E-state index is 2.23. The standard InChI is InChI=1S/C9H11N/c1-10-7-6-8-4-2-3-5-9(8)10/h2-5H,6-7H2,1H3/p+1. The van der Waals surface area contributed by atoms with Crippen LogP contribution < -0.4 is 4.90 Å². The zero-order valence-corrected chi connectivity index (χ0v) is 6.22. The highest BCUT2D eigenvalue weighted by atomic mass is 15.1.